The summed E-state index contributed by atoms with van der Waals surface area (Å²) in [5.74, 6) is 2.09. The highest BCUT2D eigenvalue weighted by atomic mass is 32.1. The molecule has 0 bridgehead atoms. The smallest absolute Gasteiger partial charge is 0.195 e. The van der Waals surface area contributed by atoms with Crippen molar-refractivity contribution in [1.82, 2.24) is 14.8 Å². The van der Waals surface area contributed by atoms with Gasteiger partial charge < -0.3 is 9.67 Å². The predicted octanol–water partition coefficient (Wildman–Crippen LogP) is 1.87. The second-order valence-corrected chi connectivity index (χ2v) is 4.77. The molecular formula is C10H17N3OS. The average Bonchev–Trinajstić information content (AvgIpc) is 2.77. The molecule has 1 aromatic heterocycles. The van der Waals surface area contributed by atoms with Crippen LogP contribution in [0.5, 0.6) is 0 Å². The number of aliphatic hydroxyl groups is 1. The highest BCUT2D eigenvalue weighted by Gasteiger charge is 2.24. The van der Waals surface area contributed by atoms with Crippen LogP contribution in [-0.2, 0) is 13.2 Å². The molecular weight excluding hydrogens is 210 g/mol. The minimum Gasteiger partial charge on any atom is -0.388 e. The van der Waals surface area contributed by atoms with Crippen LogP contribution in [0.15, 0.2) is 0 Å². The Hall–Kier alpha value is -0.680. The molecule has 1 aromatic rings. The van der Waals surface area contributed by atoms with Crippen LogP contribution in [0.25, 0.3) is 0 Å². The third kappa shape index (κ3) is 2.13. The van der Waals surface area contributed by atoms with Crippen molar-refractivity contribution in [2.45, 2.75) is 39.3 Å². The van der Waals surface area contributed by atoms with Gasteiger partial charge in [-0.3, -0.25) is 5.10 Å². The summed E-state index contributed by atoms with van der Waals surface area (Å²) < 4.78 is 2.56. The molecule has 0 spiro atoms. The van der Waals surface area contributed by atoms with Crippen molar-refractivity contribution in [3.63, 3.8) is 0 Å². The average molecular weight is 227 g/mol. The first kappa shape index (κ1) is 10.8. The number of aromatic nitrogens is 3. The lowest BCUT2D eigenvalue weighted by Crippen LogP contribution is -2.15. The molecule has 1 fully saturated rings. The summed E-state index contributed by atoms with van der Waals surface area (Å²) in [4.78, 5) is 0. The van der Waals surface area contributed by atoms with Gasteiger partial charge in [0.1, 0.15) is 6.61 Å². The summed E-state index contributed by atoms with van der Waals surface area (Å²) in [5, 5.41) is 15.9. The fourth-order valence-corrected chi connectivity index (χ4v) is 2.61. The fraction of sp³-hybridized carbons (Fsp3) is 0.800. The lowest BCUT2D eigenvalue weighted by Gasteiger charge is -2.16. The molecule has 2 rings (SSSR count). The van der Waals surface area contributed by atoms with Crippen molar-refractivity contribution in [2.75, 3.05) is 0 Å². The Morgan fingerprint density at radius 1 is 1.60 bits per heavy atom. The van der Waals surface area contributed by atoms with Crippen molar-refractivity contribution in [3.05, 3.63) is 10.6 Å². The topological polar surface area (TPSA) is 53.8 Å². The Labute approximate surface area is 94.3 Å². The maximum absolute atomic E-state index is 9.12. The monoisotopic (exact) mass is 227 g/mol. The third-order valence-corrected chi connectivity index (χ3v) is 3.75. The van der Waals surface area contributed by atoms with Crippen LogP contribution in [-0.4, -0.2) is 19.9 Å². The molecule has 0 radical (unpaired) electrons. The number of rotatable bonds is 3. The van der Waals surface area contributed by atoms with Gasteiger partial charge in [0.15, 0.2) is 10.6 Å². The van der Waals surface area contributed by atoms with E-state index in [1.54, 1.807) is 0 Å². The Kier molecular flexibility index (Phi) is 3.21. The summed E-state index contributed by atoms with van der Waals surface area (Å²) in [7, 11) is 0. The van der Waals surface area contributed by atoms with Crippen molar-refractivity contribution >= 4 is 12.2 Å². The first-order valence-electron chi connectivity index (χ1n) is 5.47. The van der Waals surface area contributed by atoms with E-state index in [0.717, 1.165) is 12.5 Å². The number of nitrogens with one attached hydrogen (secondary N) is 1. The number of aliphatic hydroxyl groups excluding tert-OH is 1. The lowest BCUT2D eigenvalue weighted by atomic mass is 9.98. The van der Waals surface area contributed by atoms with E-state index in [9.17, 15) is 0 Å². The number of hydrogen-bond donors (Lipinski definition) is 2. The van der Waals surface area contributed by atoms with Crippen LogP contribution in [0.3, 0.4) is 0 Å². The molecule has 2 N–H and O–H groups in total. The normalized spacial score (nSPS) is 26.0. The largest absolute Gasteiger partial charge is 0.388 e. The molecule has 5 heteroatoms. The molecule has 1 aliphatic rings. The highest BCUT2D eigenvalue weighted by Crippen LogP contribution is 2.32. The van der Waals surface area contributed by atoms with Crippen LogP contribution in [0.4, 0.5) is 0 Å². The van der Waals surface area contributed by atoms with Gasteiger partial charge in [0.2, 0.25) is 0 Å². The van der Waals surface area contributed by atoms with Gasteiger partial charge in [-0.1, -0.05) is 19.8 Å². The number of nitrogens with zero attached hydrogens (tertiary/aromatic N) is 2. The molecule has 0 amide bonds. The van der Waals surface area contributed by atoms with Crippen LogP contribution >= 0.6 is 12.2 Å². The van der Waals surface area contributed by atoms with E-state index in [-0.39, 0.29) is 6.61 Å². The van der Waals surface area contributed by atoms with Gasteiger partial charge in [-0.25, -0.2) is 0 Å². The summed E-state index contributed by atoms with van der Waals surface area (Å²) in [6.45, 7) is 3.14. The second-order valence-electron chi connectivity index (χ2n) is 4.38. The molecule has 1 aliphatic carbocycles. The zero-order chi connectivity index (χ0) is 10.8. The minimum atomic E-state index is -0.0474. The minimum absolute atomic E-state index is 0.0474. The van der Waals surface area contributed by atoms with Crippen LogP contribution in [0.1, 0.15) is 32.0 Å². The van der Waals surface area contributed by atoms with Crippen LogP contribution in [0.2, 0.25) is 0 Å². The lowest BCUT2D eigenvalue weighted by molar-refractivity contribution is 0.257. The summed E-state index contributed by atoms with van der Waals surface area (Å²) in [5.41, 5.74) is 0. The van der Waals surface area contributed by atoms with Crippen LogP contribution in [0, 0.1) is 16.6 Å². The van der Waals surface area contributed by atoms with Gasteiger partial charge in [0.05, 0.1) is 0 Å². The molecule has 2 atom stereocenters. The second kappa shape index (κ2) is 4.45. The third-order valence-electron chi connectivity index (χ3n) is 3.43. The molecule has 0 aliphatic heterocycles. The molecule has 1 heterocycles. The Morgan fingerprint density at radius 3 is 3.00 bits per heavy atom. The van der Waals surface area contributed by atoms with Gasteiger partial charge in [-0.05, 0) is 30.5 Å². The molecule has 0 saturated heterocycles. The number of aromatic amines is 1. The van der Waals surface area contributed by atoms with Gasteiger partial charge in [0.25, 0.3) is 0 Å². The maximum Gasteiger partial charge on any atom is 0.195 e. The standard InChI is InChI=1S/C10H17N3OS/c1-7-3-2-4-8(7)5-13-9(6-14)11-12-10(13)15/h7-8,14H,2-6H2,1H3,(H,12,15). The summed E-state index contributed by atoms with van der Waals surface area (Å²) in [6, 6.07) is 0. The van der Waals surface area contributed by atoms with E-state index in [2.05, 4.69) is 17.1 Å². The molecule has 84 valence electrons. The quantitative estimate of drug-likeness (QED) is 0.775. The highest BCUT2D eigenvalue weighted by molar-refractivity contribution is 7.71. The van der Waals surface area contributed by atoms with Gasteiger partial charge in [-0.2, -0.15) is 5.10 Å². The van der Waals surface area contributed by atoms with E-state index in [1.165, 1.54) is 19.3 Å². The Bertz CT molecular complexity index is 384. The Morgan fingerprint density at radius 2 is 2.40 bits per heavy atom. The molecule has 0 aromatic carbocycles. The SMILES string of the molecule is CC1CCCC1Cn1c(CO)n[nH]c1=S. The van der Waals surface area contributed by atoms with E-state index in [1.807, 2.05) is 4.57 Å². The zero-order valence-corrected chi connectivity index (χ0v) is 9.76. The van der Waals surface area contributed by atoms with Gasteiger partial charge >= 0.3 is 0 Å². The predicted molar refractivity (Wildman–Crippen MR) is 59.8 cm³/mol. The van der Waals surface area contributed by atoms with E-state index < -0.39 is 0 Å². The first-order valence-corrected chi connectivity index (χ1v) is 5.88. The van der Waals surface area contributed by atoms with E-state index in [0.29, 0.717) is 16.5 Å². The molecule has 4 nitrogen and oxygen atoms in total. The first-order chi connectivity index (χ1) is 7.22. The molecule has 15 heavy (non-hydrogen) atoms. The van der Waals surface area contributed by atoms with Crippen molar-refractivity contribution in [1.29, 1.82) is 0 Å². The fourth-order valence-electron chi connectivity index (χ4n) is 2.39. The van der Waals surface area contributed by atoms with E-state index in [4.69, 9.17) is 17.3 Å². The van der Waals surface area contributed by atoms with Crippen molar-refractivity contribution < 1.29 is 5.11 Å². The van der Waals surface area contributed by atoms with E-state index >= 15 is 0 Å². The van der Waals surface area contributed by atoms with Crippen LogP contribution < -0.4 is 0 Å². The maximum atomic E-state index is 9.12. The van der Waals surface area contributed by atoms with Crippen molar-refractivity contribution in [3.8, 4) is 0 Å². The van der Waals surface area contributed by atoms with Gasteiger partial charge in [-0.15, -0.1) is 0 Å². The summed E-state index contributed by atoms with van der Waals surface area (Å²) >= 11 is 5.15. The van der Waals surface area contributed by atoms with Gasteiger partial charge in [0, 0.05) is 6.54 Å². The van der Waals surface area contributed by atoms with Crippen molar-refractivity contribution in [2.24, 2.45) is 11.8 Å². The zero-order valence-electron chi connectivity index (χ0n) is 8.94. The summed E-state index contributed by atoms with van der Waals surface area (Å²) in [6.07, 6.45) is 3.88. The molecule has 2 unspecified atom stereocenters. The Balaban J connectivity index is 2.15. The number of hydrogen-bond acceptors (Lipinski definition) is 3. The molecule has 1 saturated carbocycles. The number of H-pyrrole nitrogens is 1.